The first-order valence-electron chi connectivity index (χ1n) is 14.3. The minimum Gasteiger partial charge on any atom is -0.454 e. The molecule has 2 aromatic rings. The minimum absolute atomic E-state index is 0.0691. The molecular weight excluding hydrogens is 542 g/mol. The number of anilines is 1. The molecular formula is C31H33N3O6S. The van der Waals surface area contributed by atoms with Gasteiger partial charge in [-0.2, -0.15) is 0 Å². The van der Waals surface area contributed by atoms with E-state index in [2.05, 4.69) is 10.6 Å². The average Bonchev–Trinajstić information content (AvgIpc) is 3.74. The van der Waals surface area contributed by atoms with E-state index in [-0.39, 0.29) is 37.1 Å². The van der Waals surface area contributed by atoms with Gasteiger partial charge < -0.3 is 29.7 Å². The first kappa shape index (κ1) is 26.4. The van der Waals surface area contributed by atoms with Gasteiger partial charge in [-0.15, -0.1) is 11.8 Å². The van der Waals surface area contributed by atoms with Crippen molar-refractivity contribution in [2.24, 2.45) is 11.8 Å². The lowest BCUT2D eigenvalue weighted by atomic mass is 9.74. The van der Waals surface area contributed by atoms with E-state index >= 15 is 0 Å². The largest absolute Gasteiger partial charge is 0.454 e. The van der Waals surface area contributed by atoms with Crippen LogP contribution in [0.4, 0.5) is 5.69 Å². The number of rotatable bonds is 7. The summed E-state index contributed by atoms with van der Waals surface area (Å²) in [5.74, 6) is -1.07. The highest BCUT2D eigenvalue weighted by Crippen LogP contribution is 2.55. The lowest BCUT2D eigenvalue weighted by molar-refractivity contribution is -0.142. The summed E-state index contributed by atoms with van der Waals surface area (Å²) in [6.45, 7) is 0.332. The van der Waals surface area contributed by atoms with Gasteiger partial charge >= 0.3 is 0 Å². The van der Waals surface area contributed by atoms with Gasteiger partial charge in [-0.25, -0.2) is 0 Å². The van der Waals surface area contributed by atoms with Gasteiger partial charge in [-0.3, -0.25) is 14.4 Å². The van der Waals surface area contributed by atoms with E-state index in [0.717, 1.165) is 36.1 Å². The molecule has 1 spiro atoms. The van der Waals surface area contributed by atoms with Crippen LogP contribution in [0.3, 0.4) is 0 Å². The molecule has 3 fully saturated rings. The lowest BCUT2D eigenvalue weighted by Crippen LogP contribution is -2.56. The van der Waals surface area contributed by atoms with Crippen LogP contribution in [0.2, 0.25) is 0 Å². The average molecular weight is 576 g/mol. The van der Waals surface area contributed by atoms with Crippen molar-refractivity contribution in [3.63, 3.8) is 0 Å². The third-order valence-electron chi connectivity index (χ3n) is 9.00. The number of fused-ring (bicyclic) bond motifs is 2. The normalized spacial score (nSPS) is 29.6. The zero-order valence-electron chi connectivity index (χ0n) is 22.8. The maximum Gasteiger partial charge on any atom is 0.246 e. The molecule has 10 heteroatoms. The van der Waals surface area contributed by atoms with E-state index in [0.29, 0.717) is 17.2 Å². The third-order valence-corrected chi connectivity index (χ3v) is 9.73. The fourth-order valence-electron chi connectivity index (χ4n) is 7.13. The standard InChI is InChI=1S/C31H33N3O6S/c1-41-21-9-5-8-20(15-21)33-28(35)25-23-12-13-31(40-23)26(25)30(37)34(16-18-10-11-22-24(14-18)39-17-38-22)27(31)29(36)32-19-6-3-2-4-7-19/h5,8-15,19,23,25-27H,2-4,6-7,16-17H2,1H3,(H,32,36)(H,33,35)/t23-,25+,26-,27+,31-/m0/s1. The van der Waals surface area contributed by atoms with Gasteiger partial charge in [0, 0.05) is 23.2 Å². The van der Waals surface area contributed by atoms with Gasteiger partial charge in [-0.1, -0.05) is 43.5 Å². The maximum atomic E-state index is 14.3. The van der Waals surface area contributed by atoms with E-state index in [4.69, 9.17) is 14.2 Å². The number of carbonyl (C=O) groups excluding carboxylic acids is 3. The highest BCUT2D eigenvalue weighted by Gasteiger charge is 2.72. The van der Waals surface area contributed by atoms with Gasteiger partial charge in [0.2, 0.25) is 24.5 Å². The third kappa shape index (κ3) is 4.48. The molecule has 214 valence electrons. The second kappa shape index (κ2) is 10.4. The topological polar surface area (TPSA) is 106 Å². The van der Waals surface area contributed by atoms with Crippen LogP contribution >= 0.6 is 11.8 Å². The van der Waals surface area contributed by atoms with Crippen molar-refractivity contribution in [2.75, 3.05) is 18.4 Å². The van der Waals surface area contributed by atoms with Crippen molar-refractivity contribution < 1.29 is 28.6 Å². The number of carbonyl (C=O) groups is 3. The second-order valence-electron chi connectivity index (χ2n) is 11.4. The summed E-state index contributed by atoms with van der Waals surface area (Å²) in [7, 11) is 0. The first-order chi connectivity index (χ1) is 20.0. The summed E-state index contributed by atoms with van der Waals surface area (Å²) in [6, 6.07) is 12.3. The Morgan fingerprint density at radius 2 is 1.88 bits per heavy atom. The molecule has 4 heterocycles. The quantitative estimate of drug-likeness (QED) is 0.381. The monoisotopic (exact) mass is 575 g/mol. The summed E-state index contributed by atoms with van der Waals surface area (Å²) in [5, 5.41) is 6.24. The Morgan fingerprint density at radius 3 is 2.71 bits per heavy atom. The van der Waals surface area contributed by atoms with E-state index in [1.165, 1.54) is 6.42 Å². The van der Waals surface area contributed by atoms with Gasteiger partial charge in [0.25, 0.3) is 0 Å². The Balaban J connectivity index is 1.21. The van der Waals surface area contributed by atoms with Gasteiger partial charge in [0.15, 0.2) is 11.5 Å². The molecule has 2 bridgehead atoms. The van der Waals surface area contributed by atoms with Crippen molar-refractivity contribution in [3.8, 4) is 11.5 Å². The molecule has 5 atom stereocenters. The van der Waals surface area contributed by atoms with Crippen molar-refractivity contribution in [2.45, 2.75) is 67.3 Å². The summed E-state index contributed by atoms with van der Waals surface area (Å²) in [4.78, 5) is 44.7. The maximum absolute atomic E-state index is 14.3. The molecule has 7 rings (SSSR count). The molecule has 5 aliphatic rings. The van der Waals surface area contributed by atoms with E-state index in [1.807, 2.05) is 60.9 Å². The highest BCUT2D eigenvalue weighted by molar-refractivity contribution is 7.98. The van der Waals surface area contributed by atoms with Crippen LogP contribution < -0.4 is 20.1 Å². The van der Waals surface area contributed by atoms with Crippen LogP contribution in [0, 0.1) is 11.8 Å². The van der Waals surface area contributed by atoms with Crippen LogP contribution in [0.5, 0.6) is 11.5 Å². The highest BCUT2D eigenvalue weighted by atomic mass is 32.2. The SMILES string of the molecule is CSc1cccc(NC(=O)[C@@H]2[C@@H]3C=C[C@]4(O3)[C@@H]2C(=O)N(Cc2ccc3c(c2)OCO3)[C@@H]4C(=O)NC2CCCCC2)c1. The molecule has 2 aromatic carbocycles. The number of hydrogen-bond donors (Lipinski definition) is 2. The number of likely N-dealkylation sites (tertiary alicyclic amines) is 1. The molecule has 2 saturated heterocycles. The molecule has 0 radical (unpaired) electrons. The zero-order chi connectivity index (χ0) is 28.1. The van der Waals surface area contributed by atoms with Crippen molar-refractivity contribution >= 4 is 35.2 Å². The fourth-order valence-corrected chi connectivity index (χ4v) is 7.59. The van der Waals surface area contributed by atoms with Crippen LogP contribution in [0.15, 0.2) is 59.5 Å². The number of amides is 3. The molecule has 9 nitrogen and oxygen atoms in total. The first-order valence-corrected chi connectivity index (χ1v) is 15.5. The zero-order valence-corrected chi connectivity index (χ0v) is 23.7. The van der Waals surface area contributed by atoms with E-state index < -0.39 is 29.6 Å². The number of hydrogen-bond acceptors (Lipinski definition) is 7. The molecule has 4 aliphatic heterocycles. The smallest absolute Gasteiger partial charge is 0.246 e. The number of ether oxygens (including phenoxy) is 3. The summed E-state index contributed by atoms with van der Waals surface area (Å²) >= 11 is 1.59. The second-order valence-corrected chi connectivity index (χ2v) is 12.3. The van der Waals surface area contributed by atoms with Crippen molar-refractivity contribution in [1.29, 1.82) is 0 Å². The molecule has 0 aromatic heterocycles. The van der Waals surface area contributed by atoms with E-state index in [9.17, 15) is 14.4 Å². The van der Waals surface area contributed by atoms with E-state index in [1.54, 1.807) is 16.7 Å². The summed E-state index contributed by atoms with van der Waals surface area (Å²) < 4.78 is 17.5. The predicted molar refractivity (Wildman–Crippen MR) is 152 cm³/mol. The number of thioether (sulfide) groups is 1. The van der Waals surface area contributed by atoms with Crippen molar-refractivity contribution in [3.05, 3.63) is 60.2 Å². The van der Waals surface area contributed by atoms with Crippen molar-refractivity contribution in [1.82, 2.24) is 10.2 Å². The van der Waals surface area contributed by atoms with Gasteiger partial charge in [0.05, 0.1) is 17.9 Å². The Labute approximate surface area is 243 Å². The fraction of sp³-hybridized carbons (Fsp3) is 0.452. The Hall–Kier alpha value is -3.50. The molecule has 0 unspecified atom stereocenters. The van der Waals surface area contributed by atoms with Crippen LogP contribution in [0.25, 0.3) is 0 Å². The predicted octanol–water partition coefficient (Wildman–Crippen LogP) is 3.88. The Kier molecular flexibility index (Phi) is 6.70. The molecule has 3 amide bonds. The molecule has 2 N–H and O–H groups in total. The minimum atomic E-state index is -1.21. The summed E-state index contributed by atoms with van der Waals surface area (Å²) in [6.07, 6.45) is 10.2. The Morgan fingerprint density at radius 1 is 1.05 bits per heavy atom. The van der Waals surface area contributed by atoms with Crippen LogP contribution in [0.1, 0.15) is 37.7 Å². The number of nitrogens with one attached hydrogen (secondary N) is 2. The number of benzene rings is 2. The lowest BCUT2D eigenvalue weighted by Gasteiger charge is -2.34. The number of nitrogens with zero attached hydrogens (tertiary/aromatic N) is 1. The van der Waals surface area contributed by atoms with Gasteiger partial charge in [-0.05, 0) is 55.0 Å². The Bertz CT molecular complexity index is 1420. The van der Waals surface area contributed by atoms with Gasteiger partial charge in [0.1, 0.15) is 11.6 Å². The van der Waals surface area contributed by atoms with Crippen LogP contribution in [-0.2, 0) is 25.7 Å². The molecule has 41 heavy (non-hydrogen) atoms. The molecule has 1 aliphatic carbocycles. The molecule has 1 saturated carbocycles. The van der Waals surface area contributed by atoms with Crippen LogP contribution in [-0.4, -0.2) is 59.5 Å². The summed E-state index contributed by atoms with van der Waals surface area (Å²) in [5.41, 5.74) is 0.264.